The number of aromatic nitrogens is 2. The topological polar surface area (TPSA) is 88.8 Å². The lowest BCUT2D eigenvalue weighted by Crippen LogP contribution is -2.62. The third-order valence-corrected chi connectivity index (χ3v) is 6.35. The van der Waals surface area contributed by atoms with Gasteiger partial charge in [0.05, 0.1) is 12.5 Å². The summed E-state index contributed by atoms with van der Waals surface area (Å²) >= 11 is 0. The molecule has 1 aromatic heterocycles. The summed E-state index contributed by atoms with van der Waals surface area (Å²) in [6.45, 7) is 5.32. The van der Waals surface area contributed by atoms with Crippen LogP contribution in [0.15, 0.2) is 28.8 Å². The predicted molar refractivity (Wildman–Crippen MR) is 119 cm³/mol. The summed E-state index contributed by atoms with van der Waals surface area (Å²) in [5, 5.41) is 4.12. The fourth-order valence-corrected chi connectivity index (χ4v) is 4.75. The first-order chi connectivity index (χ1) is 15.6. The number of amides is 3. The fraction of sp³-hybridized carbons (Fsp3) is 0.583. The summed E-state index contributed by atoms with van der Waals surface area (Å²) in [6, 6.07) is 7.21. The first-order valence-electron chi connectivity index (χ1n) is 11.8. The minimum Gasteiger partial charge on any atom is -0.494 e. The monoisotopic (exact) mass is 440 g/mol. The van der Waals surface area contributed by atoms with Crippen molar-refractivity contribution in [1.82, 2.24) is 19.9 Å². The molecule has 2 aliphatic rings. The van der Waals surface area contributed by atoms with Gasteiger partial charge in [0.2, 0.25) is 17.6 Å². The van der Waals surface area contributed by atoms with Crippen molar-refractivity contribution < 1.29 is 18.8 Å². The molecule has 2 fully saturated rings. The number of imide groups is 1. The minimum atomic E-state index is -0.229. The van der Waals surface area contributed by atoms with Crippen molar-refractivity contribution in [1.29, 1.82) is 0 Å². The Labute approximate surface area is 188 Å². The van der Waals surface area contributed by atoms with Crippen molar-refractivity contribution in [2.24, 2.45) is 5.92 Å². The Morgan fingerprint density at radius 3 is 2.81 bits per heavy atom. The Hall–Kier alpha value is -2.90. The van der Waals surface area contributed by atoms with E-state index in [1.807, 2.05) is 31.2 Å². The second-order valence-corrected chi connectivity index (χ2v) is 8.54. The zero-order valence-corrected chi connectivity index (χ0v) is 19.0. The van der Waals surface area contributed by atoms with E-state index in [0.29, 0.717) is 24.9 Å². The highest BCUT2D eigenvalue weighted by Crippen LogP contribution is 2.35. The molecule has 1 aromatic carbocycles. The molecule has 172 valence electrons. The third-order valence-electron chi connectivity index (χ3n) is 6.35. The third kappa shape index (κ3) is 4.64. The number of urea groups is 1. The maximum Gasteiger partial charge on any atom is 0.327 e. The van der Waals surface area contributed by atoms with E-state index >= 15 is 0 Å². The van der Waals surface area contributed by atoms with E-state index in [1.165, 1.54) is 4.90 Å². The molecule has 3 amide bonds. The number of nitrogens with zero attached hydrogens (tertiary/aromatic N) is 4. The van der Waals surface area contributed by atoms with E-state index in [-0.39, 0.29) is 30.4 Å². The first-order valence-corrected chi connectivity index (χ1v) is 11.8. The lowest BCUT2D eigenvalue weighted by atomic mass is 9.81. The van der Waals surface area contributed by atoms with Crippen LogP contribution >= 0.6 is 0 Å². The molecule has 1 aliphatic carbocycles. The van der Waals surface area contributed by atoms with E-state index < -0.39 is 0 Å². The van der Waals surface area contributed by atoms with Gasteiger partial charge in [0.25, 0.3) is 0 Å². The van der Waals surface area contributed by atoms with E-state index in [1.54, 1.807) is 4.90 Å². The Kier molecular flexibility index (Phi) is 7.07. The van der Waals surface area contributed by atoms with Crippen LogP contribution in [-0.4, -0.2) is 51.1 Å². The van der Waals surface area contributed by atoms with Crippen LogP contribution in [0.4, 0.5) is 4.79 Å². The lowest BCUT2D eigenvalue weighted by Gasteiger charge is -2.46. The highest BCUT2D eigenvalue weighted by Gasteiger charge is 2.47. The lowest BCUT2D eigenvalue weighted by molar-refractivity contribution is -0.141. The van der Waals surface area contributed by atoms with Gasteiger partial charge in [0.1, 0.15) is 12.3 Å². The van der Waals surface area contributed by atoms with Crippen molar-refractivity contribution in [3.05, 3.63) is 30.2 Å². The maximum atomic E-state index is 13.3. The molecule has 0 spiro atoms. The van der Waals surface area contributed by atoms with Crippen LogP contribution in [-0.2, 0) is 11.3 Å². The molecule has 0 bridgehead atoms. The molecule has 1 saturated heterocycles. The Morgan fingerprint density at radius 1 is 1.16 bits per heavy atom. The second-order valence-electron chi connectivity index (χ2n) is 8.54. The van der Waals surface area contributed by atoms with Crippen molar-refractivity contribution in [3.8, 4) is 17.1 Å². The Morgan fingerprint density at radius 2 is 2.00 bits per heavy atom. The highest BCUT2D eigenvalue weighted by molar-refractivity contribution is 5.98. The zero-order chi connectivity index (χ0) is 22.5. The van der Waals surface area contributed by atoms with Crippen molar-refractivity contribution >= 4 is 11.9 Å². The fourth-order valence-electron chi connectivity index (χ4n) is 4.75. The number of carbonyl (C=O) groups excluding carboxylic acids is 2. The number of unbranched alkanes of at least 4 members (excludes halogenated alkanes) is 2. The van der Waals surface area contributed by atoms with Crippen LogP contribution in [0, 0.1) is 5.92 Å². The average Bonchev–Trinajstić information content (AvgIpc) is 3.28. The number of hydrogen-bond acceptors (Lipinski definition) is 6. The standard InChI is InChI=1S/C24H32N4O4/c1-3-5-8-14-27-23(29)19-12-6-7-13-20(19)28(24(27)30)16-21-25-22(26-32-21)17-10-9-11-18(15-17)31-4-2/h9-11,15,19-20H,3-8,12-14,16H2,1-2H3. The van der Waals surface area contributed by atoms with Crippen LogP contribution in [0.3, 0.4) is 0 Å². The normalized spacial score (nSPS) is 21.1. The molecule has 2 atom stereocenters. The number of benzene rings is 1. The van der Waals surface area contributed by atoms with Crippen LogP contribution in [0.25, 0.3) is 11.4 Å². The molecule has 1 aliphatic heterocycles. The zero-order valence-electron chi connectivity index (χ0n) is 19.0. The molecule has 2 aromatic rings. The van der Waals surface area contributed by atoms with Gasteiger partial charge in [-0.05, 0) is 38.3 Å². The molecule has 4 rings (SSSR count). The summed E-state index contributed by atoms with van der Waals surface area (Å²) in [4.78, 5) is 34.1. The SMILES string of the molecule is CCCCCN1C(=O)C2CCCCC2N(Cc2nc(-c3cccc(OCC)c3)no2)C1=O. The van der Waals surface area contributed by atoms with Gasteiger partial charge < -0.3 is 14.2 Å². The molecular weight excluding hydrogens is 408 g/mol. The molecule has 2 unspecified atom stereocenters. The number of carbonyl (C=O) groups is 2. The molecule has 2 heterocycles. The maximum absolute atomic E-state index is 13.3. The highest BCUT2D eigenvalue weighted by atomic mass is 16.5. The van der Waals surface area contributed by atoms with Crippen molar-refractivity contribution in [2.45, 2.75) is 71.4 Å². The van der Waals surface area contributed by atoms with Crippen LogP contribution in [0.5, 0.6) is 5.75 Å². The largest absolute Gasteiger partial charge is 0.494 e. The second kappa shape index (κ2) is 10.1. The van der Waals surface area contributed by atoms with Crippen molar-refractivity contribution in [2.75, 3.05) is 13.2 Å². The Balaban J connectivity index is 1.53. The van der Waals surface area contributed by atoms with E-state index in [0.717, 1.165) is 56.3 Å². The Bertz CT molecular complexity index is 944. The minimum absolute atomic E-state index is 0.00832. The first kappa shape index (κ1) is 22.3. The molecule has 8 heteroatoms. The number of fused-ring (bicyclic) bond motifs is 1. The smallest absolute Gasteiger partial charge is 0.327 e. The molecule has 8 nitrogen and oxygen atoms in total. The van der Waals surface area contributed by atoms with Gasteiger partial charge in [0.15, 0.2) is 0 Å². The quantitative estimate of drug-likeness (QED) is 0.528. The number of hydrogen-bond donors (Lipinski definition) is 0. The van der Waals surface area contributed by atoms with Gasteiger partial charge in [-0.15, -0.1) is 0 Å². The van der Waals surface area contributed by atoms with Crippen LogP contribution < -0.4 is 4.74 Å². The summed E-state index contributed by atoms with van der Waals surface area (Å²) in [5.41, 5.74) is 0.794. The molecule has 32 heavy (non-hydrogen) atoms. The van der Waals surface area contributed by atoms with Crippen LogP contribution in [0.1, 0.15) is 64.7 Å². The molecule has 0 radical (unpaired) electrons. The number of ether oxygens (including phenoxy) is 1. The van der Waals surface area contributed by atoms with Gasteiger partial charge in [0, 0.05) is 18.2 Å². The van der Waals surface area contributed by atoms with Crippen LogP contribution in [0.2, 0.25) is 0 Å². The summed E-state index contributed by atoms with van der Waals surface area (Å²) < 4.78 is 11.1. The predicted octanol–water partition coefficient (Wildman–Crippen LogP) is 4.65. The van der Waals surface area contributed by atoms with Gasteiger partial charge in [-0.2, -0.15) is 4.98 Å². The summed E-state index contributed by atoms with van der Waals surface area (Å²) in [7, 11) is 0. The van der Waals surface area contributed by atoms with Gasteiger partial charge in [-0.1, -0.05) is 49.9 Å². The summed E-state index contributed by atoms with van der Waals surface area (Å²) in [6.07, 6.45) is 6.59. The van der Waals surface area contributed by atoms with Gasteiger partial charge in [-0.25, -0.2) is 4.79 Å². The van der Waals surface area contributed by atoms with Gasteiger partial charge >= 0.3 is 6.03 Å². The van der Waals surface area contributed by atoms with E-state index in [9.17, 15) is 9.59 Å². The van der Waals surface area contributed by atoms with Gasteiger partial charge in [-0.3, -0.25) is 9.69 Å². The average molecular weight is 441 g/mol. The van der Waals surface area contributed by atoms with E-state index in [2.05, 4.69) is 17.1 Å². The van der Waals surface area contributed by atoms with Crippen molar-refractivity contribution in [3.63, 3.8) is 0 Å². The summed E-state index contributed by atoms with van der Waals surface area (Å²) in [5.74, 6) is 1.44. The van der Waals surface area contributed by atoms with E-state index in [4.69, 9.17) is 9.26 Å². The molecule has 1 saturated carbocycles. The number of rotatable bonds is 9. The molecule has 0 N–H and O–H groups in total. The molecular formula is C24H32N4O4.